The first-order valence-electron chi connectivity index (χ1n) is 8.47. The number of nitrogens with zero attached hydrogens (tertiary/aromatic N) is 1. The number of hydrogen-bond donors (Lipinski definition) is 3. The van der Waals surface area contributed by atoms with Gasteiger partial charge in [0.25, 0.3) is 0 Å². The molecule has 24 heavy (non-hydrogen) atoms. The van der Waals surface area contributed by atoms with Crippen molar-refractivity contribution in [3.8, 4) is 5.75 Å². The number of rotatable bonds is 9. The van der Waals surface area contributed by atoms with Crippen LogP contribution in [0.4, 0.5) is 0 Å². The van der Waals surface area contributed by atoms with Gasteiger partial charge in [0.2, 0.25) is 5.91 Å². The Balaban J connectivity index is 2.42. The van der Waals surface area contributed by atoms with E-state index in [4.69, 9.17) is 4.74 Å². The van der Waals surface area contributed by atoms with E-state index in [-0.39, 0.29) is 5.91 Å². The molecule has 1 aromatic carbocycles. The molecule has 0 aromatic heterocycles. The monoisotopic (exact) mass is 334 g/mol. The summed E-state index contributed by atoms with van der Waals surface area (Å²) >= 11 is 0. The van der Waals surface area contributed by atoms with Gasteiger partial charge in [-0.1, -0.05) is 19.1 Å². The first-order valence-corrected chi connectivity index (χ1v) is 8.47. The number of nitrogens with one attached hydrogen (secondary N) is 3. The molecule has 0 spiro atoms. The molecule has 0 radical (unpaired) electrons. The Hall–Kier alpha value is -2.24. The van der Waals surface area contributed by atoms with Crippen LogP contribution in [0.15, 0.2) is 29.3 Å². The predicted octanol–water partition coefficient (Wildman–Crippen LogP) is 1.88. The zero-order valence-electron chi connectivity index (χ0n) is 15.2. The van der Waals surface area contributed by atoms with Gasteiger partial charge in [-0.15, -0.1) is 0 Å². The molecule has 0 bridgehead atoms. The van der Waals surface area contributed by atoms with Crippen molar-refractivity contribution in [2.45, 2.75) is 33.1 Å². The van der Waals surface area contributed by atoms with E-state index in [1.807, 2.05) is 19.1 Å². The molecule has 0 aliphatic heterocycles. The second kappa shape index (κ2) is 11.3. The van der Waals surface area contributed by atoms with Gasteiger partial charge in [0.05, 0.1) is 7.11 Å². The van der Waals surface area contributed by atoms with Crippen molar-refractivity contribution < 1.29 is 9.53 Å². The standard InChI is InChI=1S/C18H30N4O2/c1-5-19-18(22-13-12-20-15(3)23)21-11-10-14(2)16-6-8-17(24-4)9-7-16/h6-9,14H,5,10-13H2,1-4H3,(H,20,23)(H2,19,21,22). The molecule has 6 nitrogen and oxygen atoms in total. The summed E-state index contributed by atoms with van der Waals surface area (Å²) in [7, 11) is 1.67. The maximum atomic E-state index is 10.8. The fourth-order valence-electron chi connectivity index (χ4n) is 2.23. The number of methoxy groups -OCH3 is 1. The molecule has 134 valence electrons. The Bertz CT molecular complexity index is 514. The molecule has 1 amide bonds. The van der Waals surface area contributed by atoms with E-state index in [1.165, 1.54) is 12.5 Å². The van der Waals surface area contributed by atoms with E-state index in [0.717, 1.165) is 31.2 Å². The maximum absolute atomic E-state index is 10.8. The van der Waals surface area contributed by atoms with Gasteiger partial charge in [-0.2, -0.15) is 0 Å². The van der Waals surface area contributed by atoms with Crippen molar-refractivity contribution in [1.29, 1.82) is 0 Å². The third-order valence-corrected chi connectivity index (χ3v) is 3.65. The van der Waals surface area contributed by atoms with E-state index >= 15 is 0 Å². The third-order valence-electron chi connectivity index (χ3n) is 3.65. The molecule has 3 N–H and O–H groups in total. The van der Waals surface area contributed by atoms with Crippen LogP contribution in [-0.4, -0.2) is 45.2 Å². The number of carbonyl (C=O) groups is 1. The highest BCUT2D eigenvalue weighted by atomic mass is 16.5. The molecule has 1 unspecified atom stereocenters. The molecule has 0 aliphatic carbocycles. The summed E-state index contributed by atoms with van der Waals surface area (Å²) in [5, 5.41) is 9.17. The van der Waals surface area contributed by atoms with Crippen LogP contribution in [0, 0.1) is 0 Å². The van der Waals surface area contributed by atoms with Crippen LogP contribution in [-0.2, 0) is 4.79 Å². The largest absolute Gasteiger partial charge is 0.497 e. The number of benzene rings is 1. The molecular formula is C18H30N4O2. The van der Waals surface area contributed by atoms with Crippen LogP contribution < -0.4 is 20.7 Å². The third kappa shape index (κ3) is 7.85. The summed E-state index contributed by atoms with van der Waals surface area (Å²) in [6.07, 6.45) is 0.967. The summed E-state index contributed by atoms with van der Waals surface area (Å²) in [5.74, 6) is 2.07. The zero-order chi connectivity index (χ0) is 17.8. The molecule has 1 aromatic rings. The summed E-state index contributed by atoms with van der Waals surface area (Å²) in [6.45, 7) is 8.53. The van der Waals surface area contributed by atoms with Crippen LogP contribution in [0.25, 0.3) is 0 Å². The molecule has 0 heterocycles. The first kappa shape index (κ1) is 19.8. The number of ether oxygens (including phenoxy) is 1. The lowest BCUT2D eigenvalue weighted by molar-refractivity contribution is -0.118. The molecule has 6 heteroatoms. The lowest BCUT2D eigenvalue weighted by Crippen LogP contribution is -2.41. The molecule has 0 aliphatic rings. The fraction of sp³-hybridized carbons (Fsp3) is 0.556. The van der Waals surface area contributed by atoms with Crippen molar-refractivity contribution in [2.75, 3.05) is 33.3 Å². The molecule has 0 saturated heterocycles. The van der Waals surface area contributed by atoms with Gasteiger partial charge in [0, 0.05) is 33.1 Å². The summed E-state index contributed by atoms with van der Waals surface area (Å²) < 4.78 is 5.19. The minimum atomic E-state index is -0.0212. The number of amides is 1. The maximum Gasteiger partial charge on any atom is 0.216 e. The Labute approximate surface area is 145 Å². The van der Waals surface area contributed by atoms with E-state index in [9.17, 15) is 4.79 Å². The van der Waals surface area contributed by atoms with Gasteiger partial charge in [-0.05, 0) is 37.0 Å². The van der Waals surface area contributed by atoms with E-state index < -0.39 is 0 Å². The van der Waals surface area contributed by atoms with Crippen molar-refractivity contribution in [3.05, 3.63) is 29.8 Å². The highest BCUT2D eigenvalue weighted by molar-refractivity contribution is 5.79. The van der Waals surface area contributed by atoms with Crippen LogP contribution >= 0.6 is 0 Å². The van der Waals surface area contributed by atoms with Gasteiger partial charge < -0.3 is 20.7 Å². The average molecular weight is 334 g/mol. The fourth-order valence-corrected chi connectivity index (χ4v) is 2.23. The van der Waals surface area contributed by atoms with Crippen molar-refractivity contribution in [3.63, 3.8) is 0 Å². The van der Waals surface area contributed by atoms with Crippen molar-refractivity contribution in [1.82, 2.24) is 16.0 Å². The minimum Gasteiger partial charge on any atom is -0.497 e. The quantitative estimate of drug-likeness (QED) is 0.366. The van der Waals surface area contributed by atoms with Crippen molar-refractivity contribution in [2.24, 2.45) is 4.99 Å². The number of guanidine groups is 1. The van der Waals surface area contributed by atoms with Gasteiger partial charge in [-0.25, -0.2) is 0 Å². The molecular weight excluding hydrogens is 304 g/mol. The predicted molar refractivity (Wildman–Crippen MR) is 98.7 cm³/mol. The van der Waals surface area contributed by atoms with Gasteiger partial charge in [0.1, 0.15) is 5.75 Å². The smallest absolute Gasteiger partial charge is 0.216 e. The summed E-state index contributed by atoms with van der Waals surface area (Å²) in [4.78, 5) is 15.4. The van der Waals surface area contributed by atoms with Gasteiger partial charge in [-0.3, -0.25) is 9.79 Å². The normalized spacial score (nSPS) is 12.4. The van der Waals surface area contributed by atoms with E-state index in [1.54, 1.807) is 7.11 Å². The first-order chi connectivity index (χ1) is 11.6. The van der Waals surface area contributed by atoms with Crippen LogP contribution in [0.3, 0.4) is 0 Å². The van der Waals surface area contributed by atoms with Crippen molar-refractivity contribution >= 4 is 11.9 Å². The number of hydrogen-bond acceptors (Lipinski definition) is 3. The van der Waals surface area contributed by atoms with Gasteiger partial charge >= 0.3 is 0 Å². The Morgan fingerprint density at radius 2 is 1.83 bits per heavy atom. The summed E-state index contributed by atoms with van der Waals surface area (Å²) in [6, 6.07) is 8.18. The van der Waals surface area contributed by atoms with Crippen LogP contribution in [0.1, 0.15) is 38.7 Å². The summed E-state index contributed by atoms with van der Waals surface area (Å²) in [5.41, 5.74) is 1.29. The van der Waals surface area contributed by atoms with E-state index in [0.29, 0.717) is 19.0 Å². The van der Waals surface area contributed by atoms with Gasteiger partial charge in [0.15, 0.2) is 5.96 Å². The molecule has 0 saturated carbocycles. The SMILES string of the molecule is CCNC(=NCCC(C)c1ccc(OC)cc1)NCCNC(C)=O. The Morgan fingerprint density at radius 3 is 2.42 bits per heavy atom. The average Bonchev–Trinajstić information content (AvgIpc) is 2.58. The molecule has 0 fully saturated rings. The van der Waals surface area contributed by atoms with Crippen LogP contribution in [0.2, 0.25) is 0 Å². The second-order valence-corrected chi connectivity index (χ2v) is 5.63. The number of aliphatic imine (C=N–C) groups is 1. The Morgan fingerprint density at radius 1 is 1.17 bits per heavy atom. The lowest BCUT2D eigenvalue weighted by Gasteiger charge is -2.13. The number of carbonyl (C=O) groups excluding carboxylic acids is 1. The highest BCUT2D eigenvalue weighted by Gasteiger charge is 2.06. The topological polar surface area (TPSA) is 74.8 Å². The second-order valence-electron chi connectivity index (χ2n) is 5.63. The van der Waals surface area contributed by atoms with E-state index in [2.05, 4.69) is 40.0 Å². The zero-order valence-corrected chi connectivity index (χ0v) is 15.2. The Kier molecular flexibility index (Phi) is 9.34. The molecule has 1 atom stereocenters. The molecule has 1 rings (SSSR count). The lowest BCUT2D eigenvalue weighted by atomic mass is 9.98. The van der Waals surface area contributed by atoms with Crippen LogP contribution in [0.5, 0.6) is 5.75 Å². The highest BCUT2D eigenvalue weighted by Crippen LogP contribution is 2.21. The minimum absolute atomic E-state index is 0.0212.